The van der Waals surface area contributed by atoms with E-state index in [1.54, 1.807) is 18.2 Å². The number of amides is 1. The Kier molecular flexibility index (Phi) is 6.26. The molecule has 0 radical (unpaired) electrons. The van der Waals surface area contributed by atoms with E-state index in [2.05, 4.69) is 5.32 Å². The van der Waals surface area contributed by atoms with E-state index < -0.39 is 34.3 Å². The van der Waals surface area contributed by atoms with E-state index in [0.717, 1.165) is 36.1 Å². The number of carbonyl (C=O) groups is 2. The summed E-state index contributed by atoms with van der Waals surface area (Å²) in [7, 11) is -1.03. The number of esters is 1. The fourth-order valence-electron chi connectivity index (χ4n) is 3.73. The molecule has 1 spiro atoms. The van der Waals surface area contributed by atoms with Crippen LogP contribution in [-0.2, 0) is 19.6 Å². The van der Waals surface area contributed by atoms with Gasteiger partial charge in [0.25, 0.3) is 11.7 Å². The lowest BCUT2D eigenvalue weighted by Gasteiger charge is -2.21. The normalized spacial score (nSPS) is 16.2. The van der Waals surface area contributed by atoms with Gasteiger partial charge in [-0.15, -0.1) is 0 Å². The lowest BCUT2D eigenvalue weighted by Crippen LogP contribution is -2.34. The molecule has 1 N–H and O–H groups in total. The summed E-state index contributed by atoms with van der Waals surface area (Å²) in [6.45, 7) is -0.585. The van der Waals surface area contributed by atoms with Crippen LogP contribution < -0.4 is 14.8 Å². The molecule has 0 atom stereocenters. The van der Waals surface area contributed by atoms with Gasteiger partial charge < -0.3 is 19.5 Å². The van der Waals surface area contributed by atoms with E-state index in [-0.39, 0.29) is 15.5 Å². The monoisotopic (exact) mass is 494 g/mol. The van der Waals surface area contributed by atoms with E-state index in [0.29, 0.717) is 17.2 Å². The number of hydrogen-bond acceptors (Lipinski definition) is 7. The fraction of sp³-hybridized carbons (Fsp3) is 0.364. The second kappa shape index (κ2) is 8.85. The Labute approximate surface area is 196 Å². The number of carbonyl (C=O) groups excluding carboxylic acids is 2. The Bertz CT molecular complexity index is 1210. The molecule has 0 bridgehead atoms. The molecule has 1 fully saturated rings. The average Bonchev–Trinajstić information content (AvgIpc) is 3.37. The van der Waals surface area contributed by atoms with E-state index >= 15 is 0 Å². The van der Waals surface area contributed by atoms with Gasteiger partial charge in [0.2, 0.25) is 10.0 Å². The summed E-state index contributed by atoms with van der Waals surface area (Å²) < 4.78 is 42.6. The number of hydrogen-bond donors (Lipinski definition) is 1. The number of nitrogens with zero attached hydrogens (tertiary/aromatic N) is 1. The van der Waals surface area contributed by atoms with Crippen LogP contribution in [0.3, 0.4) is 0 Å². The first-order valence-electron chi connectivity index (χ1n) is 10.3. The molecule has 0 aromatic heterocycles. The van der Waals surface area contributed by atoms with Gasteiger partial charge in [-0.05, 0) is 43.2 Å². The van der Waals surface area contributed by atoms with Gasteiger partial charge in [-0.25, -0.2) is 17.5 Å². The second-order valence-electron chi connectivity index (χ2n) is 8.04. The first kappa shape index (κ1) is 23.3. The number of nitrogens with one attached hydrogen (secondary N) is 1. The highest BCUT2D eigenvalue weighted by molar-refractivity contribution is 7.89. The van der Waals surface area contributed by atoms with Crippen LogP contribution in [0.15, 0.2) is 41.3 Å². The second-order valence-corrected chi connectivity index (χ2v) is 10.6. The Hall–Kier alpha value is -2.82. The molecule has 1 heterocycles. The van der Waals surface area contributed by atoms with Crippen molar-refractivity contribution in [1.82, 2.24) is 4.31 Å². The summed E-state index contributed by atoms with van der Waals surface area (Å²) in [5.74, 6) is -0.916. The SMILES string of the molecule is CN(C)S(=O)(=O)c1ccc(Cl)c(C(=O)OCC(=O)Nc2ccc3c(c2)OC2(CCCC2)O3)c1. The Balaban J connectivity index is 1.38. The molecule has 11 heteroatoms. The lowest BCUT2D eigenvalue weighted by molar-refractivity contribution is -0.119. The Morgan fingerprint density at radius 2 is 1.79 bits per heavy atom. The maximum absolute atomic E-state index is 12.4. The summed E-state index contributed by atoms with van der Waals surface area (Å²) in [5, 5.41) is 2.64. The largest absolute Gasteiger partial charge is 0.452 e. The maximum atomic E-state index is 12.4. The van der Waals surface area contributed by atoms with Gasteiger partial charge in [-0.1, -0.05) is 11.6 Å². The van der Waals surface area contributed by atoms with E-state index in [9.17, 15) is 18.0 Å². The number of fused-ring (bicyclic) bond motifs is 1. The molecule has 176 valence electrons. The van der Waals surface area contributed by atoms with E-state index in [4.69, 9.17) is 25.8 Å². The summed E-state index contributed by atoms with van der Waals surface area (Å²) in [6.07, 6.45) is 3.71. The Morgan fingerprint density at radius 1 is 1.09 bits per heavy atom. The zero-order valence-corrected chi connectivity index (χ0v) is 19.7. The fourth-order valence-corrected chi connectivity index (χ4v) is 4.85. The van der Waals surface area contributed by atoms with Crippen molar-refractivity contribution in [3.05, 3.63) is 47.0 Å². The topological polar surface area (TPSA) is 111 Å². The summed E-state index contributed by atoms with van der Waals surface area (Å²) in [4.78, 5) is 24.6. The highest BCUT2D eigenvalue weighted by Crippen LogP contribution is 2.47. The molecule has 33 heavy (non-hydrogen) atoms. The summed E-state index contributed by atoms with van der Waals surface area (Å²) >= 11 is 6.04. The van der Waals surface area contributed by atoms with Crippen molar-refractivity contribution in [2.45, 2.75) is 36.4 Å². The quantitative estimate of drug-likeness (QED) is 0.612. The molecule has 2 aromatic rings. The van der Waals surface area contributed by atoms with Crippen LogP contribution in [0, 0.1) is 0 Å². The first-order valence-corrected chi connectivity index (χ1v) is 12.1. The minimum absolute atomic E-state index is 0.00901. The van der Waals surface area contributed by atoms with Gasteiger partial charge in [0.15, 0.2) is 18.1 Å². The van der Waals surface area contributed by atoms with Crippen molar-refractivity contribution >= 4 is 39.2 Å². The van der Waals surface area contributed by atoms with Gasteiger partial charge in [-0.2, -0.15) is 0 Å². The zero-order chi connectivity index (χ0) is 23.8. The van der Waals surface area contributed by atoms with Crippen molar-refractivity contribution in [1.29, 1.82) is 0 Å². The molecule has 1 aliphatic heterocycles. The lowest BCUT2D eigenvalue weighted by atomic mass is 10.2. The minimum Gasteiger partial charge on any atom is -0.452 e. The molecule has 9 nitrogen and oxygen atoms in total. The molecule has 1 amide bonds. The van der Waals surface area contributed by atoms with Crippen LogP contribution in [0.25, 0.3) is 0 Å². The molecular weight excluding hydrogens is 472 g/mol. The van der Waals surface area contributed by atoms with Crippen molar-refractivity contribution in [3.63, 3.8) is 0 Å². The molecule has 0 unspecified atom stereocenters. The predicted octanol–water partition coefficient (Wildman–Crippen LogP) is 3.43. The van der Waals surface area contributed by atoms with Crippen molar-refractivity contribution < 1.29 is 32.2 Å². The molecular formula is C22H23ClN2O7S. The molecule has 1 aliphatic carbocycles. The number of ether oxygens (including phenoxy) is 3. The number of anilines is 1. The van der Waals surface area contributed by atoms with Crippen LogP contribution in [0.5, 0.6) is 11.5 Å². The van der Waals surface area contributed by atoms with Gasteiger partial charge in [0.05, 0.1) is 15.5 Å². The van der Waals surface area contributed by atoms with Crippen molar-refractivity contribution in [3.8, 4) is 11.5 Å². The average molecular weight is 495 g/mol. The molecule has 4 rings (SSSR count). The van der Waals surface area contributed by atoms with E-state index in [1.165, 1.54) is 26.2 Å². The number of sulfonamides is 1. The summed E-state index contributed by atoms with van der Waals surface area (Å²) in [5.41, 5.74) is 0.308. The molecule has 1 saturated carbocycles. The molecule has 2 aromatic carbocycles. The molecule has 2 aliphatic rings. The van der Waals surface area contributed by atoms with Gasteiger partial charge >= 0.3 is 5.97 Å². The van der Waals surface area contributed by atoms with E-state index in [1.807, 2.05) is 0 Å². The third-order valence-electron chi connectivity index (χ3n) is 5.46. The third-order valence-corrected chi connectivity index (χ3v) is 7.60. The number of rotatable bonds is 6. The highest BCUT2D eigenvalue weighted by Gasteiger charge is 2.44. The summed E-state index contributed by atoms with van der Waals surface area (Å²) in [6, 6.07) is 8.75. The van der Waals surface area contributed by atoms with Crippen LogP contribution in [0.4, 0.5) is 5.69 Å². The van der Waals surface area contributed by atoms with Crippen LogP contribution in [0.2, 0.25) is 5.02 Å². The number of halogens is 1. The third kappa shape index (κ3) is 4.78. The van der Waals surface area contributed by atoms with Crippen molar-refractivity contribution in [2.24, 2.45) is 0 Å². The highest BCUT2D eigenvalue weighted by atomic mass is 35.5. The van der Waals surface area contributed by atoms with Crippen molar-refractivity contribution in [2.75, 3.05) is 26.0 Å². The standard InChI is InChI=1S/C22H23ClN2O7S/c1-25(2)33(28,29)15-6-7-17(23)16(12-15)21(27)30-13-20(26)24-14-5-8-18-19(11-14)32-22(31-18)9-3-4-10-22/h5-8,11-12H,3-4,9-10,13H2,1-2H3,(H,24,26). The Morgan fingerprint density at radius 3 is 2.48 bits per heavy atom. The molecule has 0 saturated heterocycles. The van der Waals surface area contributed by atoms with Crippen LogP contribution >= 0.6 is 11.6 Å². The van der Waals surface area contributed by atoms with Crippen LogP contribution in [0.1, 0.15) is 36.0 Å². The van der Waals surface area contributed by atoms with Gasteiger partial charge in [-0.3, -0.25) is 4.79 Å². The number of benzene rings is 2. The predicted molar refractivity (Wildman–Crippen MR) is 120 cm³/mol. The maximum Gasteiger partial charge on any atom is 0.340 e. The first-order chi connectivity index (χ1) is 15.6. The van der Waals surface area contributed by atoms with Crippen LogP contribution in [-0.4, -0.2) is 51.1 Å². The smallest absolute Gasteiger partial charge is 0.340 e. The zero-order valence-electron chi connectivity index (χ0n) is 18.1. The van der Waals surface area contributed by atoms with Gasteiger partial charge in [0, 0.05) is 38.7 Å². The minimum atomic E-state index is -3.77. The van der Waals surface area contributed by atoms with Gasteiger partial charge in [0.1, 0.15) is 0 Å².